The van der Waals surface area contributed by atoms with E-state index < -0.39 is 63.0 Å². The van der Waals surface area contributed by atoms with Gasteiger partial charge >= 0.3 is 6.09 Å². The number of amides is 3. The average Bonchev–Trinajstić information content (AvgIpc) is 3.88. The van der Waals surface area contributed by atoms with E-state index in [0.29, 0.717) is 43.3 Å². The van der Waals surface area contributed by atoms with Crippen molar-refractivity contribution in [3.63, 3.8) is 0 Å². The highest BCUT2D eigenvalue weighted by Gasteiger charge is 2.62. The van der Waals surface area contributed by atoms with Gasteiger partial charge in [-0.25, -0.2) is 13.2 Å². The lowest BCUT2D eigenvalue weighted by Gasteiger charge is -2.33. The molecule has 0 radical (unpaired) electrons. The minimum atomic E-state index is -3.82. The lowest BCUT2D eigenvalue weighted by Crippen LogP contribution is -2.57. The Balaban J connectivity index is 1.15. The van der Waals surface area contributed by atoms with Gasteiger partial charge in [-0.1, -0.05) is 61.9 Å². The highest BCUT2D eigenvalue weighted by atomic mass is 35.5. The molecule has 13 heteroatoms. The highest BCUT2D eigenvalue weighted by molar-refractivity contribution is 7.91. The molecule has 11 nitrogen and oxygen atoms in total. The van der Waals surface area contributed by atoms with Gasteiger partial charge in [0.2, 0.25) is 15.9 Å². The Bertz CT molecular complexity index is 1430. The number of fused-ring (bicyclic) bond motifs is 1. The van der Waals surface area contributed by atoms with Crippen LogP contribution in [-0.4, -0.2) is 76.9 Å². The lowest BCUT2D eigenvalue weighted by atomic mass is 9.86. The van der Waals surface area contributed by atoms with Crippen LogP contribution in [0.25, 0.3) is 0 Å². The lowest BCUT2D eigenvalue weighted by molar-refractivity contribution is -0.135. The van der Waals surface area contributed by atoms with Gasteiger partial charge in [0.1, 0.15) is 17.9 Å². The summed E-state index contributed by atoms with van der Waals surface area (Å²) in [5.41, 5.74) is 0.403. The quantitative estimate of drug-likeness (QED) is 0.328. The van der Waals surface area contributed by atoms with Crippen molar-refractivity contribution in [2.75, 3.05) is 6.54 Å². The van der Waals surface area contributed by atoms with Gasteiger partial charge in [0.25, 0.3) is 5.91 Å². The van der Waals surface area contributed by atoms with E-state index >= 15 is 0 Å². The highest BCUT2D eigenvalue weighted by Crippen LogP contribution is 2.45. The van der Waals surface area contributed by atoms with Crippen molar-refractivity contribution < 1.29 is 32.6 Å². The van der Waals surface area contributed by atoms with Crippen molar-refractivity contribution in [3.8, 4) is 0 Å². The van der Waals surface area contributed by atoms with Crippen molar-refractivity contribution in [2.24, 2.45) is 11.8 Å². The molecule has 1 unspecified atom stereocenters. The number of rotatable bonds is 10. The zero-order chi connectivity index (χ0) is 31.2. The Morgan fingerprint density at radius 3 is 2.57 bits per heavy atom. The van der Waals surface area contributed by atoms with E-state index in [4.69, 9.17) is 16.3 Å². The smallest absolute Gasteiger partial charge is 0.410 e. The second-order valence-electron chi connectivity index (χ2n) is 13.1. The van der Waals surface area contributed by atoms with Crippen LogP contribution in [-0.2, 0) is 37.4 Å². The van der Waals surface area contributed by atoms with Crippen LogP contribution >= 0.6 is 11.6 Å². The number of aliphatic hydroxyl groups excluding tert-OH is 1. The van der Waals surface area contributed by atoms with Crippen molar-refractivity contribution in [2.45, 2.75) is 106 Å². The standard InChI is InChI=1S/C31H41ClN4O7S/c1-2-21-15-31(21,29(39)34-44(41,42)23-11-12-23)33-28(38)26-14-22(17-36(26)27(37)13-19-7-4-3-5-8-19)43-30(40)35-16-20-9-6-10-25(32)24(20)18-35/h2,6,9-10,19,21-23,26-27,37H,1,3-5,7-8,11-18H2,(H,33,38)(H,34,39)/t21-,22-,26+,27?,31-/m1/s1. The summed E-state index contributed by atoms with van der Waals surface area (Å²) >= 11 is 6.33. The van der Waals surface area contributed by atoms with E-state index in [-0.39, 0.29) is 19.4 Å². The zero-order valence-electron chi connectivity index (χ0n) is 24.8. The molecule has 3 amide bonds. The minimum absolute atomic E-state index is 0.123. The molecule has 2 aliphatic heterocycles. The molecule has 6 rings (SSSR count). The fourth-order valence-electron chi connectivity index (χ4n) is 7.10. The number of carbonyl (C=O) groups excluding carboxylic acids is 3. The molecule has 0 aromatic heterocycles. The van der Waals surface area contributed by atoms with Gasteiger partial charge < -0.3 is 15.2 Å². The number of carbonyl (C=O) groups is 3. The number of sulfonamides is 1. The number of likely N-dealkylation sites (tertiary alicyclic amines) is 1. The molecule has 240 valence electrons. The number of nitrogens with one attached hydrogen (secondary N) is 2. The van der Waals surface area contributed by atoms with Crippen molar-refractivity contribution in [3.05, 3.63) is 47.0 Å². The van der Waals surface area contributed by atoms with Crippen LogP contribution in [0.3, 0.4) is 0 Å². The van der Waals surface area contributed by atoms with Crippen LogP contribution in [0.4, 0.5) is 4.79 Å². The number of hydrogen-bond acceptors (Lipinski definition) is 8. The first kappa shape index (κ1) is 31.3. The number of aliphatic hydroxyl groups is 1. The molecule has 44 heavy (non-hydrogen) atoms. The van der Waals surface area contributed by atoms with E-state index in [1.165, 1.54) is 6.42 Å². The SMILES string of the molecule is C=C[C@@H]1C[C@]1(NC(=O)[C@@H]1C[C@@H](OC(=O)N2Cc3cccc(Cl)c3C2)CN1C(O)CC1CCCCC1)C(=O)NS(=O)(=O)C1CC1. The molecular formula is C31H41ClN4O7S. The number of nitrogens with zero attached hydrogens (tertiary/aromatic N) is 2. The third-order valence-corrected chi connectivity index (χ3v) is 12.1. The van der Waals surface area contributed by atoms with E-state index in [1.54, 1.807) is 21.9 Å². The number of benzene rings is 1. The van der Waals surface area contributed by atoms with Gasteiger partial charge in [-0.05, 0) is 48.8 Å². The molecule has 0 bridgehead atoms. The van der Waals surface area contributed by atoms with Gasteiger partial charge in [0.15, 0.2) is 0 Å². The summed E-state index contributed by atoms with van der Waals surface area (Å²) in [5, 5.41) is 14.2. The number of ether oxygens (including phenoxy) is 1. The Morgan fingerprint density at radius 1 is 1.16 bits per heavy atom. The van der Waals surface area contributed by atoms with Crippen molar-refractivity contribution in [1.82, 2.24) is 19.8 Å². The Labute approximate surface area is 263 Å². The summed E-state index contributed by atoms with van der Waals surface area (Å²) in [6.07, 6.45) is 6.64. The molecule has 1 aromatic rings. The Morgan fingerprint density at radius 2 is 1.91 bits per heavy atom. The molecule has 5 atom stereocenters. The maximum Gasteiger partial charge on any atom is 0.410 e. The third-order valence-electron chi connectivity index (χ3n) is 9.96. The summed E-state index contributed by atoms with van der Waals surface area (Å²) < 4.78 is 33.1. The van der Waals surface area contributed by atoms with Gasteiger partial charge in [0, 0.05) is 30.5 Å². The second kappa shape index (κ2) is 12.3. The predicted molar refractivity (Wildman–Crippen MR) is 163 cm³/mol. The van der Waals surface area contributed by atoms with Gasteiger partial charge in [0.05, 0.1) is 17.8 Å². The molecule has 1 saturated heterocycles. The van der Waals surface area contributed by atoms with Crippen LogP contribution in [0.2, 0.25) is 5.02 Å². The van der Waals surface area contributed by atoms with Gasteiger partial charge in [-0.2, -0.15) is 0 Å². The first-order valence-corrected chi connectivity index (χ1v) is 17.6. The molecule has 0 spiro atoms. The van der Waals surface area contributed by atoms with Crippen LogP contribution < -0.4 is 10.0 Å². The molecule has 3 aliphatic carbocycles. The largest absolute Gasteiger partial charge is 0.445 e. The van der Waals surface area contributed by atoms with Crippen LogP contribution in [0.1, 0.15) is 75.3 Å². The zero-order valence-corrected chi connectivity index (χ0v) is 26.3. The molecule has 1 aromatic carbocycles. The molecule has 5 aliphatic rings. The first-order valence-electron chi connectivity index (χ1n) is 15.7. The van der Waals surface area contributed by atoms with Crippen LogP contribution in [0, 0.1) is 11.8 Å². The molecule has 3 saturated carbocycles. The van der Waals surface area contributed by atoms with Crippen LogP contribution in [0.5, 0.6) is 0 Å². The van der Waals surface area contributed by atoms with Crippen molar-refractivity contribution >= 4 is 39.5 Å². The van der Waals surface area contributed by atoms with E-state index in [0.717, 1.165) is 36.8 Å². The monoisotopic (exact) mass is 648 g/mol. The summed E-state index contributed by atoms with van der Waals surface area (Å²) in [4.78, 5) is 43.5. The minimum Gasteiger partial charge on any atom is -0.445 e. The van der Waals surface area contributed by atoms with E-state index in [9.17, 15) is 27.9 Å². The van der Waals surface area contributed by atoms with Crippen LogP contribution in [0.15, 0.2) is 30.9 Å². The van der Waals surface area contributed by atoms with Gasteiger partial charge in [-0.3, -0.25) is 24.1 Å². The predicted octanol–water partition coefficient (Wildman–Crippen LogP) is 3.19. The molecule has 4 fully saturated rings. The van der Waals surface area contributed by atoms with E-state index in [1.807, 2.05) is 12.1 Å². The average molecular weight is 649 g/mol. The maximum absolute atomic E-state index is 13.9. The first-order chi connectivity index (χ1) is 21.0. The normalized spacial score (nSPS) is 29.5. The Hall–Kier alpha value is -2.67. The summed E-state index contributed by atoms with van der Waals surface area (Å²) in [5.74, 6) is -1.39. The maximum atomic E-state index is 13.9. The Kier molecular flexibility index (Phi) is 8.73. The fourth-order valence-corrected chi connectivity index (χ4v) is 8.71. The summed E-state index contributed by atoms with van der Waals surface area (Å²) in [6, 6.07) is 4.66. The van der Waals surface area contributed by atoms with E-state index in [2.05, 4.69) is 16.6 Å². The number of halogens is 1. The van der Waals surface area contributed by atoms with Crippen molar-refractivity contribution in [1.29, 1.82) is 0 Å². The molecule has 2 heterocycles. The second-order valence-corrected chi connectivity index (χ2v) is 15.5. The number of hydrogen-bond donors (Lipinski definition) is 3. The summed E-state index contributed by atoms with van der Waals surface area (Å²) in [6.45, 7) is 4.60. The fraction of sp³-hybridized carbons (Fsp3) is 0.645. The summed E-state index contributed by atoms with van der Waals surface area (Å²) in [7, 11) is -3.82. The molecule has 3 N–H and O–H groups in total. The molecular weight excluding hydrogens is 608 g/mol. The third kappa shape index (κ3) is 6.36. The van der Waals surface area contributed by atoms with Gasteiger partial charge in [-0.15, -0.1) is 6.58 Å². The topological polar surface area (TPSA) is 145 Å².